The van der Waals surface area contributed by atoms with Crippen LogP contribution in [0.25, 0.3) is 0 Å². The van der Waals surface area contributed by atoms with Crippen LogP contribution in [0.3, 0.4) is 0 Å². The highest BCUT2D eigenvalue weighted by molar-refractivity contribution is 5.17. The van der Waals surface area contributed by atoms with Crippen molar-refractivity contribution in [3.63, 3.8) is 0 Å². The van der Waals surface area contributed by atoms with Crippen LogP contribution in [0, 0.1) is 5.41 Å². The molecular formula is C14H21N. The molecule has 2 rings (SSSR count). The summed E-state index contributed by atoms with van der Waals surface area (Å²) in [6.45, 7) is 2.43. The molecular weight excluding hydrogens is 182 g/mol. The van der Waals surface area contributed by atoms with Gasteiger partial charge in [-0.2, -0.15) is 0 Å². The molecule has 0 saturated heterocycles. The molecule has 82 valence electrons. The standard InChI is InChI=1S/C14H21N/c1-14(9-8-13(11-14)15-2)10-12-6-4-3-5-7-12/h3-7,13,15H,8-11H2,1-2H3. The maximum absolute atomic E-state index is 3.40. The van der Waals surface area contributed by atoms with E-state index in [0.29, 0.717) is 5.41 Å². The third-order valence-electron chi connectivity index (χ3n) is 3.72. The molecule has 1 heteroatoms. The van der Waals surface area contributed by atoms with Gasteiger partial charge in [-0.05, 0) is 43.7 Å². The fourth-order valence-electron chi connectivity index (χ4n) is 2.82. The van der Waals surface area contributed by atoms with E-state index >= 15 is 0 Å². The van der Waals surface area contributed by atoms with Crippen molar-refractivity contribution in [1.82, 2.24) is 5.32 Å². The monoisotopic (exact) mass is 203 g/mol. The van der Waals surface area contributed by atoms with Crippen LogP contribution in [0.1, 0.15) is 31.7 Å². The highest BCUT2D eigenvalue weighted by Crippen LogP contribution is 2.40. The van der Waals surface area contributed by atoms with E-state index in [1.54, 1.807) is 0 Å². The summed E-state index contributed by atoms with van der Waals surface area (Å²) >= 11 is 0. The lowest BCUT2D eigenvalue weighted by Crippen LogP contribution is -2.24. The molecule has 0 radical (unpaired) electrons. The molecule has 2 unspecified atom stereocenters. The van der Waals surface area contributed by atoms with Crippen molar-refractivity contribution in [2.45, 2.75) is 38.6 Å². The zero-order valence-electron chi connectivity index (χ0n) is 9.79. The van der Waals surface area contributed by atoms with Gasteiger partial charge in [0.15, 0.2) is 0 Å². The van der Waals surface area contributed by atoms with Gasteiger partial charge < -0.3 is 5.32 Å². The number of nitrogens with one attached hydrogen (secondary N) is 1. The number of hydrogen-bond donors (Lipinski definition) is 1. The van der Waals surface area contributed by atoms with Gasteiger partial charge in [0.25, 0.3) is 0 Å². The molecule has 1 aromatic rings. The summed E-state index contributed by atoms with van der Waals surface area (Å²) in [5, 5.41) is 3.40. The normalized spacial score (nSPS) is 30.7. The summed E-state index contributed by atoms with van der Waals surface area (Å²) in [5.74, 6) is 0. The molecule has 0 heterocycles. The first-order valence-electron chi connectivity index (χ1n) is 5.93. The van der Waals surface area contributed by atoms with Crippen LogP contribution < -0.4 is 5.32 Å². The SMILES string of the molecule is CNC1CCC(C)(Cc2ccccc2)C1. The highest BCUT2D eigenvalue weighted by Gasteiger charge is 2.34. The minimum Gasteiger partial charge on any atom is -0.317 e. The van der Waals surface area contributed by atoms with Gasteiger partial charge >= 0.3 is 0 Å². The molecule has 0 spiro atoms. The Morgan fingerprint density at radius 2 is 2.07 bits per heavy atom. The van der Waals surface area contributed by atoms with Crippen molar-refractivity contribution in [2.75, 3.05) is 7.05 Å². The van der Waals surface area contributed by atoms with Gasteiger partial charge in [-0.15, -0.1) is 0 Å². The van der Waals surface area contributed by atoms with E-state index in [0.717, 1.165) is 6.04 Å². The molecule has 15 heavy (non-hydrogen) atoms. The van der Waals surface area contributed by atoms with Crippen molar-refractivity contribution in [2.24, 2.45) is 5.41 Å². The number of hydrogen-bond acceptors (Lipinski definition) is 1. The molecule has 1 N–H and O–H groups in total. The van der Waals surface area contributed by atoms with Crippen molar-refractivity contribution < 1.29 is 0 Å². The average molecular weight is 203 g/mol. The second kappa shape index (κ2) is 4.36. The van der Waals surface area contributed by atoms with Gasteiger partial charge in [-0.25, -0.2) is 0 Å². The largest absolute Gasteiger partial charge is 0.317 e. The average Bonchev–Trinajstić information content (AvgIpc) is 2.61. The quantitative estimate of drug-likeness (QED) is 0.796. The van der Waals surface area contributed by atoms with E-state index < -0.39 is 0 Å². The smallest absolute Gasteiger partial charge is 0.00695 e. The molecule has 2 atom stereocenters. The van der Waals surface area contributed by atoms with Crippen LogP contribution in [-0.2, 0) is 6.42 Å². The van der Waals surface area contributed by atoms with Crippen molar-refractivity contribution in [3.05, 3.63) is 35.9 Å². The first kappa shape index (κ1) is 10.7. The van der Waals surface area contributed by atoms with Crippen molar-refractivity contribution >= 4 is 0 Å². The maximum atomic E-state index is 3.40. The predicted molar refractivity (Wildman–Crippen MR) is 65.0 cm³/mol. The molecule has 1 aliphatic rings. The fourth-order valence-corrected chi connectivity index (χ4v) is 2.82. The molecule has 1 saturated carbocycles. The van der Waals surface area contributed by atoms with E-state index in [2.05, 4.69) is 49.6 Å². The molecule has 1 aromatic carbocycles. The van der Waals surface area contributed by atoms with Crippen LogP contribution >= 0.6 is 0 Å². The summed E-state index contributed by atoms with van der Waals surface area (Å²) in [4.78, 5) is 0. The van der Waals surface area contributed by atoms with Gasteiger partial charge in [0, 0.05) is 6.04 Å². The zero-order chi connectivity index (χ0) is 10.7. The Kier molecular flexibility index (Phi) is 3.11. The Morgan fingerprint density at radius 1 is 1.33 bits per heavy atom. The van der Waals surface area contributed by atoms with E-state index in [4.69, 9.17) is 0 Å². The van der Waals surface area contributed by atoms with Crippen LogP contribution in [0.15, 0.2) is 30.3 Å². The van der Waals surface area contributed by atoms with Crippen LogP contribution in [0.4, 0.5) is 0 Å². The summed E-state index contributed by atoms with van der Waals surface area (Å²) in [6, 6.07) is 11.6. The molecule has 1 aliphatic carbocycles. The van der Waals surface area contributed by atoms with E-state index in [-0.39, 0.29) is 0 Å². The lowest BCUT2D eigenvalue weighted by molar-refractivity contribution is 0.324. The van der Waals surface area contributed by atoms with Crippen LogP contribution in [-0.4, -0.2) is 13.1 Å². The van der Waals surface area contributed by atoms with Gasteiger partial charge in [0.05, 0.1) is 0 Å². The summed E-state index contributed by atoms with van der Waals surface area (Å²) in [7, 11) is 2.08. The molecule has 1 nitrogen and oxygen atoms in total. The zero-order valence-corrected chi connectivity index (χ0v) is 9.79. The highest BCUT2D eigenvalue weighted by atomic mass is 14.9. The third kappa shape index (κ3) is 2.60. The number of benzene rings is 1. The second-order valence-electron chi connectivity index (χ2n) is 5.20. The third-order valence-corrected chi connectivity index (χ3v) is 3.72. The Labute approximate surface area is 92.9 Å². The summed E-state index contributed by atoms with van der Waals surface area (Å²) in [5.41, 5.74) is 1.99. The lowest BCUT2D eigenvalue weighted by Gasteiger charge is -2.24. The minimum absolute atomic E-state index is 0.509. The van der Waals surface area contributed by atoms with E-state index in [1.807, 2.05) is 0 Å². The minimum atomic E-state index is 0.509. The second-order valence-corrected chi connectivity index (χ2v) is 5.20. The Bertz CT molecular complexity index is 306. The van der Waals surface area contributed by atoms with Crippen LogP contribution in [0.2, 0.25) is 0 Å². The van der Waals surface area contributed by atoms with E-state index in [9.17, 15) is 0 Å². The lowest BCUT2D eigenvalue weighted by atomic mass is 9.82. The fraction of sp³-hybridized carbons (Fsp3) is 0.571. The molecule has 0 bridgehead atoms. The Morgan fingerprint density at radius 3 is 2.67 bits per heavy atom. The first-order chi connectivity index (χ1) is 7.22. The van der Waals surface area contributed by atoms with Gasteiger partial charge in [-0.3, -0.25) is 0 Å². The summed E-state index contributed by atoms with van der Waals surface area (Å²) in [6.07, 6.45) is 5.23. The summed E-state index contributed by atoms with van der Waals surface area (Å²) < 4.78 is 0. The first-order valence-corrected chi connectivity index (χ1v) is 5.93. The van der Waals surface area contributed by atoms with Gasteiger partial charge in [-0.1, -0.05) is 37.3 Å². The molecule has 0 amide bonds. The topological polar surface area (TPSA) is 12.0 Å². The van der Waals surface area contributed by atoms with Crippen LogP contribution in [0.5, 0.6) is 0 Å². The van der Waals surface area contributed by atoms with E-state index in [1.165, 1.54) is 31.2 Å². The Balaban J connectivity index is 2.00. The van der Waals surface area contributed by atoms with Crippen molar-refractivity contribution in [3.8, 4) is 0 Å². The molecule has 1 fully saturated rings. The van der Waals surface area contributed by atoms with Gasteiger partial charge in [0.1, 0.15) is 0 Å². The maximum Gasteiger partial charge on any atom is 0.00695 e. The molecule has 0 aliphatic heterocycles. The molecule has 0 aromatic heterocycles. The predicted octanol–water partition coefficient (Wildman–Crippen LogP) is 3.01. The van der Waals surface area contributed by atoms with Gasteiger partial charge in [0.2, 0.25) is 0 Å². The van der Waals surface area contributed by atoms with Crippen molar-refractivity contribution in [1.29, 1.82) is 0 Å². The Hall–Kier alpha value is -0.820. The number of rotatable bonds is 3.